The van der Waals surface area contributed by atoms with Gasteiger partial charge in [0, 0.05) is 0 Å². The summed E-state index contributed by atoms with van der Waals surface area (Å²) >= 11 is 7.17. The van der Waals surface area contributed by atoms with Gasteiger partial charge in [-0.2, -0.15) is 5.10 Å². The molecule has 0 aliphatic heterocycles. The minimum Gasteiger partial charge on any atom is -0.465 e. The van der Waals surface area contributed by atoms with Crippen LogP contribution in [0.3, 0.4) is 0 Å². The zero-order chi connectivity index (χ0) is 22.6. The van der Waals surface area contributed by atoms with E-state index in [1.54, 1.807) is 25.5 Å². The maximum absolute atomic E-state index is 12.8. The average Bonchev–Trinajstić information content (AvgIpc) is 3.16. The Balaban J connectivity index is 2.28. The smallest absolute Gasteiger partial charge is 0.348 e. The summed E-state index contributed by atoms with van der Waals surface area (Å²) in [6, 6.07) is 0. The summed E-state index contributed by atoms with van der Waals surface area (Å²) in [6.45, 7) is 9.44. The van der Waals surface area contributed by atoms with Crippen molar-refractivity contribution in [2.75, 3.05) is 19.0 Å². The lowest BCUT2D eigenvalue weighted by Crippen LogP contribution is -2.25. The molecule has 1 unspecified atom stereocenters. The van der Waals surface area contributed by atoms with E-state index in [0.29, 0.717) is 29.2 Å². The Bertz CT molecular complexity index is 966. The van der Waals surface area contributed by atoms with Crippen LogP contribution >= 0.6 is 22.9 Å². The van der Waals surface area contributed by atoms with Crippen molar-refractivity contribution < 1.29 is 23.9 Å². The number of amides is 1. The fourth-order valence-corrected chi connectivity index (χ4v) is 4.08. The van der Waals surface area contributed by atoms with Gasteiger partial charge >= 0.3 is 11.9 Å². The Labute approximate surface area is 184 Å². The van der Waals surface area contributed by atoms with Gasteiger partial charge in [0.05, 0.1) is 48.2 Å². The Morgan fingerprint density at radius 3 is 2.43 bits per heavy atom. The van der Waals surface area contributed by atoms with E-state index in [1.165, 1.54) is 7.11 Å². The summed E-state index contributed by atoms with van der Waals surface area (Å²) in [5.74, 6) is -1.95. The van der Waals surface area contributed by atoms with Crippen LogP contribution in [0.15, 0.2) is 0 Å². The van der Waals surface area contributed by atoms with E-state index in [9.17, 15) is 14.4 Å². The highest BCUT2D eigenvalue weighted by atomic mass is 35.5. The quantitative estimate of drug-likeness (QED) is 0.600. The predicted molar refractivity (Wildman–Crippen MR) is 115 cm³/mol. The van der Waals surface area contributed by atoms with Crippen molar-refractivity contribution >= 4 is 45.8 Å². The summed E-state index contributed by atoms with van der Waals surface area (Å²) in [4.78, 5) is 37.7. The van der Waals surface area contributed by atoms with Gasteiger partial charge in [-0.3, -0.25) is 9.48 Å². The van der Waals surface area contributed by atoms with Crippen molar-refractivity contribution in [1.82, 2.24) is 9.78 Å². The van der Waals surface area contributed by atoms with E-state index in [-0.39, 0.29) is 28.0 Å². The van der Waals surface area contributed by atoms with Gasteiger partial charge in [0.25, 0.3) is 0 Å². The molecule has 2 rings (SSSR count). The molecule has 0 fully saturated rings. The van der Waals surface area contributed by atoms with Crippen molar-refractivity contribution in [2.45, 2.75) is 47.6 Å². The number of hydrogen-bond acceptors (Lipinski definition) is 7. The third-order valence-corrected chi connectivity index (χ3v) is 6.32. The number of esters is 2. The van der Waals surface area contributed by atoms with Crippen LogP contribution in [-0.2, 0) is 20.8 Å². The molecule has 1 N–H and O–H groups in total. The summed E-state index contributed by atoms with van der Waals surface area (Å²) in [5.41, 5.74) is 2.06. The highest BCUT2D eigenvalue weighted by Crippen LogP contribution is 2.34. The molecule has 164 valence electrons. The zero-order valence-corrected chi connectivity index (χ0v) is 19.5. The molecule has 0 bridgehead atoms. The Kier molecular flexibility index (Phi) is 8.03. The lowest BCUT2D eigenvalue weighted by molar-refractivity contribution is -0.119. The summed E-state index contributed by atoms with van der Waals surface area (Å²) in [5, 5.41) is 7.94. The fraction of sp³-hybridized carbons (Fsp3) is 0.500. The first-order valence-electron chi connectivity index (χ1n) is 9.51. The number of nitrogens with zero attached hydrogens (tertiary/aromatic N) is 2. The largest absolute Gasteiger partial charge is 0.465 e. The number of nitrogens with one attached hydrogen (secondary N) is 1. The predicted octanol–water partition coefficient (Wildman–Crippen LogP) is 4.15. The molecule has 0 spiro atoms. The van der Waals surface area contributed by atoms with Crippen LogP contribution in [0.1, 0.15) is 57.2 Å². The molecular weight excluding hydrogens is 430 g/mol. The van der Waals surface area contributed by atoms with Gasteiger partial charge < -0.3 is 14.8 Å². The van der Waals surface area contributed by atoms with Crippen LogP contribution < -0.4 is 5.32 Å². The maximum Gasteiger partial charge on any atom is 0.348 e. The number of hydrogen-bond donors (Lipinski definition) is 1. The number of methoxy groups -OCH3 is 1. The topological polar surface area (TPSA) is 99.5 Å². The minimum absolute atomic E-state index is 0.170. The number of anilines is 1. The van der Waals surface area contributed by atoms with E-state index in [2.05, 4.69) is 10.4 Å². The highest BCUT2D eigenvalue weighted by Gasteiger charge is 2.28. The van der Waals surface area contributed by atoms with Crippen LogP contribution in [0.25, 0.3) is 0 Å². The zero-order valence-electron chi connectivity index (χ0n) is 17.9. The fourth-order valence-electron chi connectivity index (χ4n) is 2.83. The summed E-state index contributed by atoms with van der Waals surface area (Å²) in [7, 11) is 1.26. The van der Waals surface area contributed by atoms with Gasteiger partial charge in [-0.1, -0.05) is 25.4 Å². The van der Waals surface area contributed by atoms with E-state index in [4.69, 9.17) is 21.1 Å². The summed E-state index contributed by atoms with van der Waals surface area (Å²) < 4.78 is 11.7. The number of rotatable bonds is 8. The lowest BCUT2D eigenvalue weighted by Gasteiger charge is -2.14. The molecule has 10 heteroatoms. The van der Waals surface area contributed by atoms with Crippen LogP contribution in [0.2, 0.25) is 5.02 Å². The van der Waals surface area contributed by atoms with Crippen LogP contribution in [0, 0.1) is 26.7 Å². The second kappa shape index (κ2) is 10.1. The second-order valence-corrected chi connectivity index (χ2v) is 8.34. The molecule has 0 radical (unpaired) electrons. The van der Waals surface area contributed by atoms with Gasteiger partial charge in [-0.25, -0.2) is 9.59 Å². The molecule has 0 aliphatic carbocycles. The van der Waals surface area contributed by atoms with Gasteiger partial charge in [-0.05, 0) is 32.8 Å². The number of carbonyl (C=O) groups is 3. The van der Waals surface area contributed by atoms with E-state index in [0.717, 1.165) is 17.0 Å². The maximum atomic E-state index is 12.8. The molecule has 0 aromatic carbocycles. The van der Waals surface area contributed by atoms with Crippen molar-refractivity contribution in [3.63, 3.8) is 0 Å². The van der Waals surface area contributed by atoms with Gasteiger partial charge in [-0.15, -0.1) is 11.3 Å². The molecular formula is C20H26ClN3O5S. The van der Waals surface area contributed by atoms with Crippen LogP contribution in [-0.4, -0.2) is 41.3 Å². The second-order valence-electron chi connectivity index (χ2n) is 6.95. The molecule has 2 heterocycles. The first-order valence-corrected chi connectivity index (χ1v) is 10.7. The number of thiophene rings is 1. The molecule has 0 aliphatic rings. The molecule has 2 aromatic heterocycles. The van der Waals surface area contributed by atoms with Gasteiger partial charge in [0.15, 0.2) is 0 Å². The average molecular weight is 456 g/mol. The van der Waals surface area contributed by atoms with Crippen LogP contribution in [0.5, 0.6) is 0 Å². The van der Waals surface area contributed by atoms with Gasteiger partial charge in [0.2, 0.25) is 5.91 Å². The normalized spacial score (nSPS) is 11.8. The van der Waals surface area contributed by atoms with Crippen LogP contribution in [0.4, 0.5) is 5.00 Å². The standard InChI is InChI=1S/C20H26ClN3O5S/c1-7-8-29-19(26)14-11(3)16(20(27)28-6)30-18(14)22-17(25)10(2)9-24-13(5)15(21)12(4)23-24/h10H,7-9H2,1-6H3,(H,22,25). The van der Waals surface area contributed by atoms with Crippen molar-refractivity contribution in [3.05, 3.63) is 32.4 Å². The lowest BCUT2D eigenvalue weighted by atomic mass is 10.1. The minimum atomic E-state index is -0.589. The van der Waals surface area contributed by atoms with Crippen molar-refractivity contribution in [2.24, 2.45) is 5.92 Å². The Morgan fingerprint density at radius 1 is 1.23 bits per heavy atom. The molecule has 2 aromatic rings. The Morgan fingerprint density at radius 2 is 1.90 bits per heavy atom. The molecule has 30 heavy (non-hydrogen) atoms. The number of aromatic nitrogens is 2. The van der Waals surface area contributed by atoms with Crippen molar-refractivity contribution in [3.8, 4) is 0 Å². The first-order chi connectivity index (χ1) is 14.1. The van der Waals surface area contributed by atoms with E-state index >= 15 is 0 Å². The monoisotopic (exact) mass is 455 g/mol. The molecule has 1 atom stereocenters. The third-order valence-electron chi connectivity index (χ3n) is 4.58. The third kappa shape index (κ3) is 5.02. The molecule has 8 nitrogen and oxygen atoms in total. The first kappa shape index (κ1) is 23.9. The Hall–Kier alpha value is -2.39. The van der Waals surface area contributed by atoms with Crippen molar-refractivity contribution in [1.29, 1.82) is 0 Å². The van der Waals surface area contributed by atoms with Gasteiger partial charge in [0.1, 0.15) is 9.88 Å². The highest BCUT2D eigenvalue weighted by molar-refractivity contribution is 7.18. The number of ether oxygens (including phenoxy) is 2. The molecule has 0 saturated heterocycles. The SMILES string of the molecule is CCCOC(=O)c1c(NC(=O)C(C)Cn2nc(C)c(Cl)c2C)sc(C(=O)OC)c1C. The van der Waals surface area contributed by atoms with E-state index < -0.39 is 17.9 Å². The molecule has 1 amide bonds. The summed E-state index contributed by atoms with van der Waals surface area (Å²) in [6.07, 6.45) is 0.655. The molecule has 0 saturated carbocycles. The van der Waals surface area contributed by atoms with E-state index in [1.807, 2.05) is 13.8 Å². The number of halogens is 1. The number of aryl methyl sites for hydroxylation is 1. The number of carbonyl (C=O) groups excluding carboxylic acids is 3.